The highest BCUT2D eigenvalue weighted by Gasteiger charge is 2.34. The fraction of sp³-hybridized carbons (Fsp3) is 0.667. The molecule has 2 unspecified atom stereocenters. The molecule has 104 valence electrons. The van der Waals surface area contributed by atoms with E-state index in [1.165, 1.54) is 25.8 Å². The molecule has 3 heterocycles. The van der Waals surface area contributed by atoms with Gasteiger partial charge in [0.2, 0.25) is 0 Å². The lowest BCUT2D eigenvalue weighted by Crippen LogP contribution is -2.53. The normalized spacial score (nSPS) is 29.1. The van der Waals surface area contributed by atoms with E-state index in [0.29, 0.717) is 6.54 Å². The van der Waals surface area contributed by atoms with Crippen molar-refractivity contribution in [3.8, 4) is 0 Å². The topological polar surface area (TPSA) is 23.6 Å². The molecule has 0 aromatic carbocycles. The SMILES string of the molecule is CN1CCCC2CN(CC(=O)c3cccs3)CCC21. The summed E-state index contributed by atoms with van der Waals surface area (Å²) in [5.41, 5.74) is 0. The molecule has 0 radical (unpaired) electrons. The van der Waals surface area contributed by atoms with Crippen LogP contribution in [-0.4, -0.2) is 54.9 Å². The minimum Gasteiger partial charge on any atom is -0.303 e. The molecule has 2 aliphatic heterocycles. The summed E-state index contributed by atoms with van der Waals surface area (Å²) in [5, 5.41) is 1.98. The molecule has 3 rings (SSSR count). The molecule has 0 aliphatic carbocycles. The van der Waals surface area contributed by atoms with Crippen molar-refractivity contribution in [3.05, 3.63) is 22.4 Å². The van der Waals surface area contributed by atoms with Crippen LogP contribution in [-0.2, 0) is 0 Å². The number of carbonyl (C=O) groups is 1. The van der Waals surface area contributed by atoms with Gasteiger partial charge in [-0.15, -0.1) is 11.3 Å². The lowest BCUT2D eigenvalue weighted by molar-refractivity contribution is 0.0379. The van der Waals surface area contributed by atoms with Crippen LogP contribution in [0, 0.1) is 5.92 Å². The van der Waals surface area contributed by atoms with E-state index >= 15 is 0 Å². The zero-order valence-electron chi connectivity index (χ0n) is 11.5. The first-order valence-electron chi connectivity index (χ1n) is 7.23. The number of thiophene rings is 1. The van der Waals surface area contributed by atoms with Crippen molar-refractivity contribution in [2.24, 2.45) is 5.92 Å². The molecule has 0 bridgehead atoms. The Balaban J connectivity index is 1.58. The molecule has 0 spiro atoms. The van der Waals surface area contributed by atoms with Crippen LogP contribution >= 0.6 is 11.3 Å². The van der Waals surface area contributed by atoms with E-state index < -0.39 is 0 Å². The lowest BCUT2D eigenvalue weighted by atomic mass is 9.84. The molecule has 19 heavy (non-hydrogen) atoms. The smallest absolute Gasteiger partial charge is 0.186 e. The third-order valence-corrected chi connectivity index (χ3v) is 5.50. The van der Waals surface area contributed by atoms with Crippen molar-refractivity contribution in [1.82, 2.24) is 9.80 Å². The maximum absolute atomic E-state index is 12.2. The summed E-state index contributed by atoms with van der Waals surface area (Å²) in [4.78, 5) is 17.9. The molecule has 3 nitrogen and oxygen atoms in total. The molecular formula is C15H22N2OS. The predicted octanol–water partition coefficient (Wildman–Crippen LogP) is 2.35. The van der Waals surface area contributed by atoms with E-state index in [1.807, 2.05) is 17.5 Å². The Morgan fingerprint density at radius 2 is 2.32 bits per heavy atom. The van der Waals surface area contributed by atoms with E-state index in [0.717, 1.165) is 29.9 Å². The summed E-state index contributed by atoms with van der Waals surface area (Å²) in [6.45, 7) is 4.03. The van der Waals surface area contributed by atoms with Crippen LogP contribution in [0.1, 0.15) is 28.9 Å². The molecule has 0 N–H and O–H groups in total. The van der Waals surface area contributed by atoms with Gasteiger partial charge in [-0.1, -0.05) is 6.07 Å². The van der Waals surface area contributed by atoms with Gasteiger partial charge in [-0.05, 0) is 50.2 Å². The molecule has 2 aliphatic rings. The first kappa shape index (κ1) is 13.3. The van der Waals surface area contributed by atoms with E-state index in [2.05, 4.69) is 16.8 Å². The van der Waals surface area contributed by atoms with Gasteiger partial charge in [-0.3, -0.25) is 9.69 Å². The molecule has 1 aromatic heterocycles. The summed E-state index contributed by atoms with van der Waals surface area (Å²) in [7, 11) is 2.25. The number of fused-ring (bicyclic) bond motifs is 1. The van der Waals surface area contributed by atoms with Gasteiger partial charge in [0.05, 0.1) is 11.4 Å². The van der Waals surface area contributed by atoms with E-state index in [-0.39, 0.29) is 5.78 Å². The summed E-state index contributed by atoms with van der Waals surface area (Å²) in [6, 6.07) is 4.65. The summed E-state index contributed by atoms with van der Waals surface area (Å²) in [5.74, 6) is 1.06. The van der Waals surface area contributed by atoms with Gasteiger partial charge in [0, 0.05) is 19.1 Å². The zero-order chi connectivity index (χ0) is 13.2. The van der Waals surface area contributed by atoms with Crippen molar-refractivity contribution in [2.45, 2.75) is 25.3 Å². The fourth-order valence-electron chi connectivity index (χ4n) is 3.59. The van der Waals surface area contributed by atoms with E-state index in [9.17, 15) is 4.79 Å². The standard InChI is InChI=1S/C15H22N2OS/c1-16-7-2-4-12-10-17(8-6-13(12)16)11-14(18)15-5-3-9-19-15/h3,5,9,12-13H,2,4,6-8,10-11H2,1H3. The van der Waals surface area contributed by atoms with Crippen LogP contribution in [0.2, 0.25) is 0 Å². The number of piperidine rings is 2. The number of likely N-dealkylation sites (tertiary alicyclic amines) is 2. The highest BCUT2D eigenvalue weighted by Crippen LogP contribution is 2.29. The fourth-order valence-corrected chi connectivity index (χ4v) is 4.25. The number of rotatable bonds is 3. The van der Waals surface area contributed by atoms with Gasteiger partial charge in [-0.25, -0.2) is 0 Å². The molecule has 2 fully saturated rings. The Morgan fingerprint density at radius 3 is 3.11 bits per heavy atom. The average molecular weight is 278 g/mol. The molecule has 2 atom stereocenters. The third kappa shape index (κ3) is 2.91. The van der Waals surface area contributed by atoms with Crippen molar-refractivity contribution >= 4 is 17.1 Å². The van der Waals surface area contributed by atoms with Gasteiger partial charge in [0.15, 0.2) is 5.78 Å². The first-order chi connectivity index (χ1) is 9.24. The second kappa shape index (κ2) is 5.73. The minimum atomic E-state index is 0.289. The van der Waals surface area contributed by atoms with Crippen LogP contribution in [0.5, 0.6) is 0 Å². The van der Waals surface area contributed by atoms with E-state index in [1.54, 1.807) is 11.3 Å². The Labute approximate surface area is 119 Å². The maximum atomic E-state index is 12.2. The lowest BCUT2D eigenvalue weighted by Gasteiger charge is -2.45. The summed E-state index contributed by atoms with van der Waals surface area (Å²) < 4.78 is 0. The second-order valence-electron chi connectivity index (χ2n) is 5.87. The van der Waals surface area contributed by atoms with Crippen LogP contribution in [0.15, 0.2) is 17.5 Å². The number of hydrogen-bond donors (Lipinski definition) is 0. The monoisotopic (exact) mass is 278 g/mol. The molecule has 2 saturated heterocycles. The van der Waals surface area contributed by atoms with E-state index in [4.69, 9.17) is 0 Å². The van der Waals surface area contributed by atoms with Crippen LogP contribution in [0.3, 0.4) is 0 Å². The summed E-state index contributed by atoms with van der Waals surface area (Å²) >= 11 is 1.56. The Bertz CT molecular complexity index is 431. The molecule has 0 saturated carbocycles. The molecule has 1 aromatic rings. The quantitative estimate of drug-likeness (QED) is 0.793. The van der Waals surface area contributed by atoms with Crippen LogP contribution < -0.4 is 0 Å². The number of nitrogens with zero attached hydrogens (tertiary/aromatic N) is 2. The van der Waals surface area contributed by atoms with Crippen molar-refractivity contribution in [2.75, 3.05) is 33.2 Å². The second-order valence-corrected chi connectivity index (χ2v) is 6.82. The Hall–Kier alpha value is -0.710. The highest BCUT2D eigenvalue weighted by atomic mass is 32.1. The van der Waals surface area contributed by atoms with Crippen LogP contribution in [0.4, 0.5) is 0 Å². The van der Waals surface area contributed by atoms with Gasteiger partial charge in [0.1, 0.15) is 0 Å². The van der Waals surface area contributed by atoms with Gasteiger partial charge in [-0.2, -0.15) is 0 Å². The van der Waals surface area contributed by atoms with Gasteiger partial charge >= 0.3 is 0 Å². The number of ketones is 1. The predicted molar refractivity (Wildman–Crippen MR) is 78.8 cm³/mol. The number of carbonyl (C=O) groups excluding carboxylic acids is 1. The molecular weight excluding hydrogens is 256 g/mol. The zero-order valence-corrected chi connectivity index (χ0v) is 12.4. The van der Waals surface area contributed by atoms with Gasteiger partial charge < -0.3 is 4.90 Å². The number of hydrogen-bond acceptors (Lipinski definition) is 4. The molecule has 0 amide bonds. The maximum Gasteiger partial charge on any atom is 0.186 e. The van der Waals surface area contributed by atoms with Crippen molar-refractivity contribution < 1.29 is 4.79 Å². The summed E-state index contributed by atoms with van der Waals surface area (Å²) in [6.07, 6.45) is 3.86. The number of Topliss-reactive ketones (excluding diaryl/α,β-unsaturated/α-hetero) is 1. The molecule has 4 heteroatoms. The Kier molecular flexibility index (Phi) is 4.01. The highest BCUT2D eigenvalue weighted by molar-refractivity contribution is 7.12. The average Bonchev–Trinajstić information content (AvgIpc) is 2.93. The van der Waals surface area contributed by atoms with Crippen molar-refractivity contribution in [3.63, 3.8) is 0 Å². The third-order valence-electron chi connectivity index (χ3n) is 4.59. The van der Waals surface area contributed by atoms with Crippen LogP contribution in [0.25, 0.3) is 0 Å². The van der Waals surface area contributed by atoms with Gasteiger partial charge in [0.25, 0.3) is 0 Å². The first-order valence-corrected chi connectivity index (χ1v) is 8.11. The minimum absolute atomic E-state index is 0.289. The Morgan fingerprint density at radius 1 is 1.42 bits per heavy atom. The largest absolute Gasteiger partial charge is 0.303 e. The van der Waals surface area contributed by atoms with Crippen molar-refractivity contribution in [1.29, 1.82) is 0 Å².